The fourth-order valence-corrected chi connectivity index (χ4v) is 1.04. The lowest BCUT2D eigenvalue weighted by atomic mass is 10.0. The van der Waals surface area contributed by atoms with E-state index in [1.165, 1.54) is 0 Å². The highest BCUT2D eigenvalue weighted by Gasteiger charge is 2.24. The van der Waals surface area contributed by atoms with Gasteiger partial charge in [0.15, 0.2) is 5.82 Å². The molecular formula is C7H11N3O. The third kappa shape index (κ3) is 1.14. The van der Waals surface area contributed by atoms with Crippen LogP contribution in [0.5, 0.6) is 0 Å². The van der Waals surface area contributed by atoms with Gasteiger partial charge in [0.05, 0.1) is 5.92 Å². The summed E-state index contributed by atoms with van der Waals surface area (Å²) in [5, 5.41) is 6.98. The average Bonchev–Trinajstić information content (AvgIpc) is 2.32. The summed E-state index contributed by atoms with van der Waals surface area (Å²) in [6.45, 7) is 3.98. The fraction of sp³-hybridized carbons (Fsp3) is 0.714. The van der Waals surface area contributed by atoms with Crippen molar-refractivity contribution in [2.24, 2.45) is 0 Å². The third-order valence-corrected chi connectivity index (χ3v) is 1.93. The van der Waals surface area contributed by atoms with Crippen molar-refractivity contribution in [2.45, 2.75) is 19.3 Å². The molecular weight excluding hydrogens is 142 g/mol. The van der Waals surface area contributed by atoms with Crippen LogP contribution in [0.15, 0.2) is 4.52 Å². The van der Waals surface area contributed by atoms with Crippen molar-refractivity contribution in [1.29, 1.82) is 0 Å². The molecule has 0 radical (unpaired) electrons. The van der Waals surface area contributed by atoms with Crippen LogP contribution >= 0.6 is 0 Å². The number of hydrogen-bond donors (Lipinski definition) is 1. The number of hydrogen-bond acceptors (Lipinski definition) is 4. The van der Waals surface area contributed by atoms with E-state index in [9.17, 15) is 0 Å². The highest BCUT2D eigenvalue weighted by molar-refractivity contribution is 5.00. The molecule has 0 aliphatic carbocycles. The van der Waals surface area contributed by atoms with E-state index < -0.39 is 0 Å². The standard InChI is InChI=1S/C7H11N3O/c1-2-6-9-7(11-10-6)5-3-8-4-5/h5,8H,2-4H2,1H3. The molecule has 2 rings (SSSR count). The zero-order chi connectivity index (χ0) is 7.68. The van der Waals surface area contributed by atoms with Crippen molar-refractivity contribution in [1.82, 2.24) is 15.5 Å². The summed E-state index contributed by atoms with van der Waals surface area (Å²) >= 11 is 0. The van der Waals surface area contributed by atoms with Gasteiger partial charge in [-0.05, 0) is 0 Å². The minimum absolute atomic E-state index is 0.461. The topological polar surface area (TPSA) is 51.0 Å². The van der Waals surface area contributed by atoms with E-state index in [1.807, 2.05) is 6.92 Å². The predicted molar refractivity (Wildman–Crippen MR) is 39.3 cm³/mol. The van der Waals surface area contributed by atoms with Crippen LogP contribution in [0.25, 0.3) is 0 Å². The molecule has 1 saturated heterocycles. The Hall–Kier alpha value is -0.900. The van der Waals surface area contributed by atoms with Gasteiger partial charge in [-0.1, -0.05) is 12.1 Å². The maximum absolute atomic E-state index is 5.06. The minimum Gasteiger partial charge on any atom is -0.339 e. The Balaban J connectivity index is 2.11. The van der Waals surface area contributed by atoms with Crippen LogP contribution in [-0.2, 0) is 6.42 Å². The molecule has 1 N–H and O–H groups in total. The Morgan fingerprint density at radius 1 is 1.64 bits per heavy atom. The monoisotopic (exact) mass is 153 g/mol. The Bertz CT molecular complexity index is 242. The van der Waals surface area contributed by atoms with Crippen molar-refractivity contribution >= 4 is 0 Å². The lowest BCUT2D eigenvalue weighted by molar-refractivity contribution is 0.306. The van der Waals surface area contributed by atoms with Gasteiger partial charge in [-0.15, -0.1) is 0 Å². The lowest BCUT2D eigenvalue weighted by Gasteiger charge is -2.22. The van der Waals surface area contributed by atoms with E-state index in [1.54, 1.807) is 0 Å². The Labute approximate surface area is 65.0 Å². The molecule has 60 valence electrons. The van der Waals surface area contributed by atoms with Crippen molar-refractivity contribution in [3.05, 3.63) is 11.7 Å². The van der Waals surface area contributed by atoms with Crippen LogP contribution in [0, 0.1) is 0 Å². The van der Waals surface area contributed by atoms with E-state index in [-0.39, 0.29) is 0 Å². The maximum atomic E-state index is 5.06. The number of rotatable bonds is 2. The summed E-state index contributed by atoms with van der Waals surface area (Å²) in [5.41, 5.74) is 0. The second-order valence-corrected chi connectivity index (χ2v) is 2.76. The smallest absolute Gasteiger partial charge is 0.232 e. The van der Waals surface area contributed by atoms with Gasteiger partial charge < -0.3 is 9.84 Å². The van der Waals surface area contributed by atoms with Crippen LogP contribution < -0.4 is 5.32 Å². The normalized spacial score (nSPS) is 18.3. The molecule has 1 aromatic rings. The largest absolute Gasteiger partial charge is 0.339 e. The molecule has 0 unspecified atom stereocenters. The van der Waals surface area contributed by atoms with E-state index in [0.29, 0.717) is 5.92 Å². The van der Waals surface area contributed by atoms with Crippen LogP contribution in [0.4, 0.5) is 0 Å². The SMILES string of the molecule is CCc1noc(C2CNC2)n1. The Kier molecular flexibility index (Phi) is 1.62. The average molecular weight is 153 g/mol. The second-order valence-electron chi connectivity index (χ2n) is 2.76. The maximum Gasteiger partial charge on any atom is 0.232 e. The molecule has 0 bridgehead atoms. The van der Waals surface area contributed by atoms with Crippen molar-refractivity contribution < 1.29 is 4.52 Å². The molecule has 1 aromatic heterocycles. The summed E-state index contributed by atoms with van der Waals surface area (Å²) < 4.78 is 5.06. The van der Waals surface area contributed by atoms with Crippen molar-refractivity contribution in [3.63, 3.8) is 0 Å². The second kappa shape index (κ2) is 2.62. The minimum atomic E-state index is 0.461. The number of nitrogens with one attached hydrogen (secondary N) is 1. The lowest BCUT2D eigenvalue weighted by Crippen LogP contribution is -2.40. The fourth-order valence-electron chi connectivity index (χ4n) is 1.04. The summed E-state index contributed by atoms with van der Waals surface area (Å²) in [6.07, 6.45) is 0.851. The summed E-state index contributed by atoms with van der Waals surface area (Å²) in [5.74, 6) is 2.07. The number of aromatic nitrogens is 2. The third-order valence-electron chi connectivity index (χ3n) is 1.93. The van der Waals surface area contributed by atoms with Gasteiger partial charge in [0.25, 0.3) is 0 Å². The van der Waals surface area contributed by atoms with Crippen molar-refractivity contribution in [2.75, 3.05) is 13.1 Å². The molecule has 0 saturated carbocycles. The zero-order valence-electron chi connectivity index (χ0n) is 6.50. The van der Waals surface area contributed by atoms with Gasteiger partial charge in [0.1, 0.15) is 0 Å². The molecule has 0 aromatic carbocycles. The van der Waals surface area contributed by atoms with E-state index in [4.69, 9.17) is 4.52 Å². The first-order chi connectivity index (χ1) is 5.40. The van der Waals surface area contributed by atoms with Gasteiger partial charge in [0, 0.05) is 19.5 Å². The highest BCUT2D eigenvalue weighted by atomic mass is 16.5. The molecule has 11 heavy (non-hydrogen) atoms. The molecule has 1 aliphatic rings. The molecule has 1 aliphatic heterocycles. The molecule has 1 fully saturated rings. The molecule has 2 heterocycles. The zero-order valence-corrected chi connectivity index (χ0v) is 6.50. The molecule has 0 amide bonds. The molecule has 4 heteroatoms. The van der Waals surface area contributed by atoms with Crippen LogP contribution in [0.2, 0.25) is 0 Å². The first-order valence-corrected chi connectivity index (χ1v) is 3.93. The molecule has 0 atom stereocenters. The Morgan fingerprint density at radius 3 is 2.91 bits per heavy atom. The van der Waals surface area contributed by atoms with Crippen LogP contribution in [-0.4, -0.2) is 23.2 Å². The van der Waals surface area contributed by atoms with Gasteiger partial charge in [0.2, 0.25) is 5.89 Å². The number of aryl methyl sites for hydroxylation is 1. The molecule has 0 spiro atoms. The summed E-state index contributed by atoms with van der Waals surface area (Å²) in [6, 6.07) is 0. The van der Waals surface area contributed by atoms with Gasteiger partial charge in [-0.2, -0.15) is 4.98 Å². The number of nitrogens with zero attached hydrogens (tertiary/aromatic N) is 2. The molecule has 4 nitrogen and oxygen atoms in total. The van der Waals surface area contributed by atoms with Gasteiger partial charge in [-0.25, -0.2) is 0 Å². The van der Waals surface area contributed by atoms with E-state index in [0.717, 1.165) is 31.2 Å². The predicted octanol–water partition coefficient (Wildman–Crippen LogP) is 0.319. The highest BCUT2D eigenvalue weighted by Crippen LogP contribution is 2.17. The van der Waals surface area contributed by atoms with Crippen LogP contribution in [0.3, 0.4) is 0 Å². The summed E-state index contributed by atoms with van der Waals surface area (Å²) in [4.78, 5) is 4.23. The first kappa shape index (κ1) is 6.79. The van der Waals surface area contributed by atoms with E-state index in [2.05, 4.69) is 15.5 Å². The van der Waals surface area contributed by atoms with Crippen LogP contribution in [0.1, 0.15) is 24.6 Å². The summed E-state index contributed by atoms with van der Waals surface area (Å²) in [7, 11) is 0. The Morgan fingerprint density at radius 2 is 2.45 bits per heavy atom. The van der Waals surface area contributed by atoms with Gasteiger partial charge >= 0.3 is 0 Å². The first-order valence-electron chi connectivity index (χ1n) is 3.93. The van der Waals surface area contributed by atoms with Crippen molar-refractivity contribution in [3.8, 4) is 0 Å². The van der Waals surface area contributed by atoms with Gasteiger partial charge in [-0.3, -0.25) is 0 Å². The van der Waals surface area contributed by atoms with E-state index >= 15 is 0 Å². The quantitative estimate of drug-likeness (QED) is 0.664.